The van der Waals surface area contributed by atoms with Crippen molar-refractivity contribution < 1.29 is 9.53 Å². The molecule has 4 fully saturated rings. The van der Waals surface area contributed by atoms with E-state index >= 15 is 0 Å². The summed E-state index contributed by atoms with van der Waals surface area (Å²) in [4.78, 5) is 28.3. The topological polar surface area (TPSA) is 139 Å². The normalized spacial score (nSPS) is 20.7. The number of piperidine rings is 2. The Morgan fingerprint density at radius 2 is 1.70 bits per heavy atom. The monoisotopic (exact) mass is 947 g/mol. The van der Waals surface area contributed by atoms with E-state index in [0.717, 1.165) is 124 Å². The number of nitrogens with zero attached hydrogens (tertiary/aromatic N) is 11. The lowest BCUT2D eigenvalue weighted by atomic mass is 9.77. The predicted octanol–water partition coefficient (Wildman–Crippen LogP) is 9.38. The lowest BCUT2D eigenvalue weighted by molar-refractivity contribution is -0.129. The summed E-state index contributed by atoms with van der Waals surface area (Å²) in [6.45, 7) is 19.4. The van der Waals surface area contributed by atoms with Gasteiger partial charge in [-0.05, 0) is 149 Å². The van der Waals surface area contributed by atoms with Gasteiger partial charge in [-0.25, -0.2) is 4.98 Å². The Morgan fingerprint density at radius 3 is 2.41 bits per heavy atom. The van der Waals surface area contributed by atoms with Crippen molar-refractivity contribution >= 4 is 28.9 Å². The molecule has 3 saturated heterocycles. The number of carbonyl (C=O) groups is 1. The Bertz CT molecular complexity index is 2680. The van der Waals surface area contributed by atoms with Crippen molar-refractivity contribution in [3.05, 3.63) is 88.0 Å². The minimum absolute atomic E-state index is 0.123. The van der Waals surface area contributed by atoms with Gasteiger partial charge in [0.2, 0.25) is 11.8 Å². The summed E-state index contributed by atoms with van der Waals surface area (Å²) in [5.74, 6) is 3.64. The molecule has 6 aliphatic rings. The van der Waals surface area contributed by atoms with Crippen molar-refractivity contribution in [2.75, 3.05) is 67.1 Å². The molecule has 0 unspecified atom stereocenters. The number of nitriles is 1. The second-order valence-electron chi connectivity index (χ2n) is 21.7. The van der Waals surface area contributed by atoms with Gasteiger partial charge in [-0.1, -0.05) is 19.3 Å². The molecular weight excluding hydrogens is 873 g/mol. The fraction of sp³-hybridized carbons (Fsp3) is 0.571. The van der Waals surface area contributed by atoms with E-state index in [1.165, 1.54) is 91.5 Å². The van der Waals surface area contributed by atoms with Crippen molar-refractivity contribution in [2.45, 2.75) is 137 Å². The van der Waals surface area contributed by atoms with Crippen LogP contribution in [0.2, 0.25) is 0 Å². The van der Waals surface area contributed by atoms with Crippen LogP contribution in [0.3, 0.4) is 0 Å². The van der Waals surface area contributed by atoms with Gasteiger partial charge < -0.3 is 33.8 Å². The van der Waals surface area contributed by atoms with E-state index < -0.39 is 0 Å². The molecule has 5 aromatic rings. The van der Waals surface area contributed by atoms with Crippen LogP contribution in [0.4, 0.5) is 23.0 Å². The number of aromatic nitrogens is 6. The number of H-pyrrole nitrogens is 1. The summed E-state index contributed by atoms with van der Waals surface area (Å²) < 4.78 is 8.25. The summed E-state index contributed by atoms with van der Waals surface area (Å²) in [5, 5.41) is 26.4. The number of likely N-dealkylation sites (tertiary alicyclic amines) is 1. The van der Waals surface area contributed by atoms with E-state index in [9.17, 15) is 10.1 Å². The van der Waals surface area contributed by atoms with Gasteiger partial charge in [0.05, 0.1) is 30.2 Å². The Morgan fingerprint density at radius 1 is 0.900 bits per heavy atom. The zero-order chi connectivity index (χ0) is 48.5. The van der Waals surface area contributed by atoms with E-state index in [0.29, 0.717) is 23.9 Å². The number of hydrogen-bond acceptors (Lipinski definition) is 11. The van der Waals surface area contributed by atoms with Gasteiger partial charge >= 0.3 is 0 Å². The number of aromatic amines is 1. The van der Waals surface area contributed by atoms with Gasteiger partial charge in [0, 0.05) is 119 Å². The van der Waals surface area contributed by atoms with Crippen LogP contribution >= 0.6 is 0 Å². The summed E-state index contributed by atoms with van der Waals surface area (Å²) in [6, 6.07) is 15.7. The number of imidazole rings is 1. The van der Waals surface area contributed by atoms with Crippen LogP contribution < -0.4 is 19.4 Å². The van der Waals surface area contributed by atoms with E-state index in [4.69, 9.17) is 4.74 Å². The van der Waals surface area contributed by atoms with Crippen molar-refractivity contribution in [3.8, 4) is 23.2 Å². The predicted molar refractivity (Wildman–Crippen MR) is 277 cm³/mol. The minimum Gasteiger partial charge on any atom is -0.473 e. The maximum atomic E-state index is 11.9. The Labute approximate surface area is 415 Å². The fourth-order valence-electron chi connectivity index (χ4n) is 12.7. The Kier molecular flexibility index (Phi) is 13.9. The first-order valence-electron chi connectivity index (χ1n) is 26.4. The fourth-order valence-corrected chi connectivity index (χ4v) is 12.7. The lowest BCUT2D eigenvalue weighted by Gasteiger charge is -2.40. The number of nitrogens with one attached hydrogen (secondary N) is 1. The SMILES string of the molecule is CC(=O)N1CCc2[nH]nc(N3CCCc4cc(-c5cn(C)cn5)c(C)cc43)c2C1.Cc1c(C#N)ccc(N2CC3(CCN(c4ccc(OC5CCN(CC6CCCCC6)CC5)nn4)CC3)C[C@@H]2C)c1C. The Balaban J connectivity index is 0.000000172. The van der Waals surface area contributed by atoms with Gasteiger partial charge in [-0.2, -0.15) is 10.4 Å². The van der Waals surface area contributed by atoms with Crippen LogP contribution in [-0.4, -0.2) is 110 Å². The minimum atomic E-state index is 0.123. The smallest absolute Gasteiger partial charge is 0.233 e. The molecule has 0 bridgehead atoms. The molecule has 8 heterocycles. The van der Waals surface area contributed by atoms with Crippen molar-refractivity contribution in [1.29, 1.82) is 5.26 Å². The summed E-state index contributed by atoms with van der Waals surface area (Å²) >= 11 is 0. The lowest BCUT2D eigenvalue weighted by Crippen LogP contribution is -2.42. The van der Waals surface area contributed by atoms with E-state index in [1.54, 1.807) is 6.92 Å². The number of benzene rings is 2. The number of amides is 1. The molecule has 11 rings (SSSR count). The molecule has 1 saturated carbocycles. The summed E-state index contributed by atoms with van der Waals surface area (Å²) in [5.41, 5.74) is 13.1. The number of fused-ring (bicyclic) bond motifs is 2. The molecule has 1 atom stereocenters. The van der Waals surface area contributed by atoms with Crippen LogP contribution in [0.15, 0.2) is 48.9 Å². The van der Waals surface area contributed by atoms with E-state index in [1.807, 2.05) is 35.0 Å². The van der Waals surface area contributed by atoms with Crippen molar-refractivity contribution in [2.24, 2.45) is 18.4 Å². The van der Waals surface area contributed by atoms with Crippen LogP contribution in [0.5, 0.6) is 5.88 Å². The average molecular weight is 947 g/mol. The quantitative estimate of drug-likeness (QED) is 0.159. The Hall–Kier alpha value is -5.94. The summed E-state index contributed by atoms with van der Waals surface area (Å²) in [7, 11) is 2.00. The first-order chi connectivity index (χ1) is 33.9. The molecule has 14 heteroatoms. The molecule has 370 valence electrons. The maximum absolute atomic E-state index is 11.9. The van der Waals surface area contributed by atoms with Crippen molar-refractivity contribution in [1.82, 2.24) is 39.7 Å². The first kappa shape index (κ1) is 47.7. The largest absolute Gasteiger partial charge is 0.473 e. The number of aryl methyl sites for hydroxylation is 3. The second kappa shape index (κ2) is 20.4. The molecule has 14 nitrogen and oxygen atoms in total. The number of ether oxygens (including phenoxy) is 1. The number of anilines is 4. The molecule has 2 aromatic carbocycles. The molecule has 1 N–H and O–H groups in total. The molecule has 1 amide bonds. The molecule has 3 aromatic heterocycles. The highest BCUT2D eigenvalue weighted by molar-refractivity contribution is 5.77. The van der Waals surface area contributed by atoms with E-state index in [2.05, 4.69) is 109 Å². The zero-order valence-corrected chi connectivity index (χ0v) is 42.6. The number of hydrogen-bond donors (Lipinski definition) is 1. The average Bonchev–Trinajstić information content (AvgIpc) is 4.09. The highest BCUT2D eigenvalue weighted by Gasteiger charge is 2.45. The molecule has 70 heavy (non-hydrogen) atoms. The third-order valence-electron chi connectivity index (χ3n) is 16.9. The maximum Gasteiger partial charge on any atom is 0.233 e. The highest BCUT2D eigenvalue weighted by Crippen LogP contribution is 2.47. The molecule has 5 aliphatic heterocycles. The standard InChI is InChI=1S/C34H48N6O.C22H26N6O/c1-25-21-34(24-40(25)31-10-9-29(22-35)26(2)27(31)3)15-19-39(20-16-34)32-11-12-33(37-36-32)41-30-13-17-38(18-14-30)23-28-7-5-4-6-8-28;1-14-9-21-16(10-17(14)20-12-26(3)13-23-20)5-4-7-28(21)22-18-11-27(15(2)29)8-6-19(18)24-25-22/h9-12,25,28,30H,4-8,13-21,23-24H2,1-3H3;9-10,12-13H,4-8,11H2,1-3H3,(H,24,25)/t25-;/m0./s1. The molecule has 1 aliphatic carbocycles. The van der Waals surface area contributed by atoms with Crippen LogP contribution in [-0.2, 0) is 31.2 Å². The second-order valence-corrected chi connectivity index (χ2v) is 21.7. The van der Waals surface area contributed by atoms with Crippen LogP contribution in [0.25, 0.3) is 11.3 Å². The molecule has 1 spiro atoms. The van der Waals surface area contributed by atoms with Gasteiger partial charge in [0.15, 0.2) is 11.6 Å². The van der Waals surface area contributed by atoms with Crippen LogP contribution in [0.1, 0.15) is 124 Å². The third kappa shape index (κ3) is 10.0. The third-order valence-corrected chi connectivity index (χ3v) is 16.9. The van der Waals surface area contributed by atoms with Gasteiger partial charge in [0.25, 0.3) is 0 Å². The van der Waals surface area contributed by atoms with Gasteiger partial charge in [-0.15, -0.1) is 10.2 Å². The van der Waals surface area contributed by atoms with E-state index in [-0.39, 0.29) is 12.0 Å². The number of rotatable bonds is 8. The summed E-state index contributed by atoms with van der Waals surface area (Å²) in [6.07, 6.45) is 20.0. The molecule has 0 radical (unpaired) electrons. The van der Waals surface area contributed by atoms with Crippen LogP contribution in [0, 0.1) is 43.4 Å². The first-order valence-corrected chi connectivity index (χ1v) is 26.4. The van der Waals surface area contributed by atoms with Crippen molar-refractivity contribution in [3.63, 3.8) is 0 Å². The zero-order valence-electron chi connectivity index (χ0n) is 42.6. The van der Waals surface area contributed by atoms with Gasteiger partial charge in [0.1, 0.15) is 6.10 Å². The number of carbonyl (C=O) groups excluding carboxylic acids is 1. The highest BCUT2D eigenvalue weighted by atomic mass is 16.5. The van der Waals surface area contributed by atoms with Gasteiger partial charge in [-0.3, -0.25) is 9.89 Å². The molecular formula is C56H74N12O2.